The molecule has 0 aromatic heterocycles. The molecule has 8 heteroatoms. The molecule has 0 unspecified atom stereocenters. The van der Waals surface area contributed by atoms with Gasteiger partial charge in [-0.05, 0) is 51.4 Å². The van der Waals surface area contributed by atoms with Gasteiger partial charge in [-0.1, -0.05) is 12.8 Å². The number of ether oxygens (including phenoxy) is 2. The third-order valence-electron chi connectivity index (χ3n) is 5.22. The van der Waals surface area contributed by atoms with E-state index in [0.717, 1.165) is 64.2 Å². The average Bonchev–Trinajstić information content (AvgIpc) is 2.65. The van der Waals surface area contributed by atoms with Crippen molar-refractivity contribution in [1.29, 1.82) is 0 Å². The minimum Gasteiger partial charge on any atom is -0.478 e. The van der Waals surface area contributed by atoms with Gasteiger partial charge in [-0.15, -0.1) is 0 Å². The van der Waals surface area contributed by atoms with Gasteiger partial charge in [-0.2, -0.15) is 0 Å². The van der Waals surface area contributed by atoms with E-state index in [2.05, 4.69) is 0 Å². The van der Waals surface area contributed by atoms with Crippen LogP contribution in [0.5, 0.6) is 0 Å². The number of carbonyl (C=O) groups is 4. The first-order valence-corrected chi connectivity index (χ1v) is 9.94. The second-order valence-corrected chi connectivity index (χ2v) is 7.42. The van der Waals surface area contributed by atoms with Crippen molar-refractivity contribution < 1.29 is 38.9 Å². The Bertz CT molecular complexity index is 570. The molecule has 2 aliphatic carbocycles. The Hall–Kier alpha value is -2.38. The van der Waals surface area contributed by atoms with Gasteiger partial charge in [0, 0.05) is 0 Å². The number of carboxylic acids is 2. The molecular formula is C20H28O8. The van der Waals surface area contributed by atoms with E-state index in [1.165, 1.54) is 0 Å². The number of rotatable bonds is 8. The zero-order valence-electron chi connectivity index (χ0n) is 16.0. The van der Waals surface area contributed by atoms with Crippen LogP contribution in [0.1, 0.15) is 77.0 Å². The summed E-state index contributed by atoms with van der Waals surface area (Å²) in [5.74, 6) is -4.68. The van der Waals surface area contributed by atoms with Crippen molar-refractivity contribution in [2.45, 2.75) is 89.3 Å². The highest BCUT2D eigenvalue weighted by Gasteiger charge is 2.28. The highest BCUT2D eigenvalue weighted by molar-refractivity contribution is 6.04. The Morgan fingerprint density at radius 3 is 1.21 bits per heavy atom. The Morgan fingerprint density at radius 1 is 0.607 bits per heavy atom. The van der Waals surface area contributed by atoms with E-state index in [1.807, 2.05) is 0 Å². The second kappa shape index (κ2) is 10.8. The Balaban J connectivity index is 2.04. The zero-order chi connectivity index (χ0) is 20.5. The van der Waals surface area contributed by atoms with Crippen LogP contribution in [0.4, 0.5) is 0 Å². The lowest BCUT2D eigenvalue weighted by Crippen LogP contribution is -2.25. The van der Waals surface area contributed by atoms with Crippen molar-refractivity contribution in [3.8, 4) is 0 Å². The summed E-state index contributed by atoms with van der Waals surface area (Å²) in [7, 11) is 0. The van der Waals surface area contributed by atoms with Gasteiger partial charge in [-0.3, -0.25) is 9.59 Å². The second-order valence-electron chi connectivity index (χ2n) is 7.42. The molecule has 28 heavy (non-hydrogen) atoms. The number of aliphatic carboxylic acids is 2. The first-order chi connectivity index (χ1) is 13.4. The van der Waals surface area contributed by atoms with E-state index >= 15 is 0 Å². The molecule has 8 nitrogen and oxygen atoms in total. The minimum atomic E-state index is -1.55. The molecule has 0 heterocycles. The summed E-state index contributed by atoms with van der Waals surface area (Å²) < 4.78 is 10.6. The standard InChI is InChI=1S/C20H28O8/c21-17(27-13-7-3-1-4-8-13)11-15(19(23)24)16(20(25)26)12-18(22)28-14-9-5-2-6-10-14/h13-14H,1-12H2,(H,23,24)(H,25,26). The van der Waals surface area contributed by atoms with Crippen LogP contribution in [0.15, 0.2) is 11.1 Å². The summed E-state index contributed by atoms with van der Waals surface area (Å²) in [4.78, 5) is 47.4. The highest BCUT2D eigenvalue weighted by Crippen LogP contribution is 2.24. The number of esters is 2. The van der Waals surface area contributed by atoms with Gasteiger partial charge in [0.05, 0.1) is 24.0 Å². The van der Waals surface area contributed by atoms with Crippen molar-refractivity contribution in [1.82, 2.24) is 0 Å². The van der Waals surface area contributed by atoms with Crippen LogP contribution in [-0.2, 0) is 28.7 Å². The lowest BCUT2D eigenvalue weighted by atomic mass is 9.97. The molecule has 2 fully saturated rings. The summed E-state index contributed by atoms with van der Waals surface area (Å²) in [6, 6.07) is 0. The van der Waals surface area contributed by atoms with Crippen LogP contribution in [0.25, 0.3) is 0 Å². The lowest BCUT2D eigenvalue weighted by Gasteiger charge is -2.22. The third-order valence-corrected chi connectivity index (χ3v) is 5.22. The quantitative estimate of drug-likeness (QED) is 0.473. The van der Waals surface area contributed by atoms with Crippen LogP contribution >= 0.6 is 0 Å². The van der Waals surface area contributed by atoms with Crippen LogP contribution < -0.4 is 0 Å². The predicted molar refractivity (Wildman–Crippen MR) is 97.5 cm³/mol. The molecule has 0 amide bonds. The number of carbonyl (C=O) groups excluding carboxylic acids is 2. The first-order valence-electron chi connectivity index (χ1n) is 9.94. The topological polar surface area (TPSA) is 127 Å². The van der Waals surface area contributed by atoms with Crippen LogP contribution in [0.3, 0.4) is 0 Å². The molecule has 0 spiro atoms. The maximum absolute atomic E-state index is 12.1. The average molecular weight is 396 g/mol. The smallest absolute Gasteiger partial charge is 0.332 e. The lowest BCUT2D eigenvalue weighted by molar-refractivity contribution is -0.152. The molecule has 0 saturated heterocycles. The number of hydrogen-bond acceptors (Lipinski definition) is 6. The highest BCUT2D eigenvalue weighted by atomic mass is 16.5. The van der Waals surface area contributed by atoms with Crippen LogP contribution in [-0.4, -0.2) is 46.3 Å². The fourth-order valence-electron chi connectivity index (χ4n) is 3.73. The summed E-state index contributed by atoms with van der Waals surface area (Å²) in [5.41, 5.74) is -1.26. The molecule has 156 valence electrons. The summed E-state index contributed by atoms with van der Waals surface area (Å²) in [6.07, 6.45) is 6.86. The first kappa shape index (κ1) is 21.9. The van der Waals surface area contributed by atoms with Gasteiger partial charge in [0.25, 0.3) is 0 Å². The normalized spacial score (nSPS) is 19.4. The molecule has 0 atom stereocenters. The fraction of sp³-hybridized carbons (Fsp3) is 0.700. The predicted octanol–water partition coefficient (Wildman–Crippen LogP) is 2.98. The van der Waals surface area contributed by atoms with Crippen molar-refractivity contribution in [3.05, 3.63) is 11.1 Å². The van der Waals surface area contributed by atoms with E-state index in [1.54, 1.807) is 0 Å². The molecule has 2 saturated carbocycles. The Labute approximate surface area is 163 Å². The van der Waals surface area contributed by atoms with Crippen molar-refractivity contribution in [3.63, 3.8) is 0 Å². The molecule has 0 aromatic rings. The molecular weight excluding hydrogens is 368 g/mol. The maximum atomic E-state index is 12.1. The molecule has 0 bridgehead atoms. The number of hydrogen-bond donors (Lipinski definition) is 2. The van der Waals surface area contributed by atoms with E-state index in [9.17, 15) is 29.4 Å². The monoisotopic (exact) mass is 396 g/mol. The van der Waals surface area contributed by atoms with Gasteiger partial charge >= 0.3 is 23.9 Å². The Morgan fingerprint density at radius 2 is 0.929 bits per heavy atom. The van der Waals surface area contributed by atoms with Crippen molar-refractivity contribution in [2.24, 2.45) is 0 Å². The molecule has 2 N–H and O–H groups in total. The van der Waals surface area contributed by atoms with Crippen molar-refractivity contribution in [2.75, 3.05) is 0 Å². The van der Waals surface area contributed by atoms with E-state index < -0.39 is 47.9 Å². The summed E-state index contributed by atoms with van der Waals surface area (Å²) in [6.45, 7) is 0. The molecule has 0 aromatic carbocycles. The van der Waals surface area contributed by atoms with Gasteiger partial charge < -0.3 is 19.7 Å². The van der Waals surface area contributed by atoms with E-state index in [4.69, 9.17) is 9.47 Å². The molecule has 0 radical (unpaired) electrons. The Kier molecular flexibility index (Phi) is 8.47. The molecule has 2 aliphatic rings. The fourth-order valence-corrected chi connectivity index (χ4v) is 3.73. The maximum Gasteiger partial charge on any atom is 0.332 e. The zero-order valence-corrected chi connectivity index (χ0v) is 16.0. The van der Waals surface area contributed by atoms with Gasteiger partial charge in [0.1, 0.15) is 12.2 Å². The third kappa shape index (κ3) is 6.98. The number of carboxylic acid groups (broad SMARTS) is 2. The molecule has 2 rings (SSSR count). The summed E-state index contributed by atoms with van der Waals surface area (Å²) in [5, 5.41) is 18.8. The minimum absolute atomic E-state index is 0.263. The summed E-state index contributed by atoms with van der Waals surface area (Å²) >= 11 is 0. The van der Waals surface area contributed by atoms with Crippen molar-refractivity contribution >= 4 is 23.9 Å². The van der Waals surface area contributed by atoms with Crippen LogP contribution in [0.2, 0.25) is 0 Å². The van der Waals surface area contributed by atoms with E-state index in [-0.39, 0.29) is 12.2 Å². The largest absolute Gasteiger partial charge is 0.478 e. The SMILES string of the molecule is O=C(CC(C(=O)O)=C(CC(=O)OC1CCCCC1)C(=O)O)OC1CCCCC1. The van der Waals surface area contributed by atoms with E-state index in [0.29, 0.717) is 0 Å². The molecule has 0 aliphatic heterocycles. The van der Waals surface area contributed by atoms with Crippen LogP contribution in [0, 0.1) is 0 Å². The van der Waals surface area contributed by atoms with Gasteiger partial charge in [-0.25, -0.2) is 9.59 Å². The van der Waals surface area contributed by atoms with Gasteiger partial charge in [0.15, 0.2) is 0 Å². The van der Waals surface area contributed by atoms with Gasteiger partial charge in [0.2, 0.25) is 0 Å².